The molecule has 0 saturated carbocycles. The first-order valence-corrected chi connectivity index (χ1v) is 11.8. The van der Waals surface area contributed by atoms with E-state index in [2.05, 4.69) is 28.1 Å². The predicted molar refractivity (Wildman–Crippen MR) is 122 cm³/mol. The second-order valence-electron chi connectivity index (χ2n) is 8.44. The number of benzene rings is 2. The number of nitrogens with zero attached hydrogens (tertiary/aromatic N) is 3. The molecular weight excluding hydrogens is 451 g/mol. The number of halogens is 3. The third kappa shape index (κ3) is 6.23. The summed E-state index contributed by atoms with van der Waals surface area (Å²) in [5.74, 6) is 2.09. The molecule has 3 heterocycles. The van der Waals surface area contributed by atoms with E-state index in [1.165, 1.54) is 5.56 Å². The Morgan fingerprint density at radius 3 is 2.27 bits per heavy atom. The number of hydrogen-bond acceptors (Lipinski definition) is 5. The third-order valence-electron chi connectivity index (χ3n) is 5.95. The van der Waals surface area contributed by atoms with E-state index in [0.29, 0.717) is 17.0 Å². The molecule has 2 saturated heterocycles. The summed E-state index contributed by atoms with van der Waals surface area (Å²) in [6, 6.07) is 16.4. The molecule has 2 unspecified atom stereocenters. The molecule has 2 aliphatic heterocycles. The van der Waals surface area contributed by atoms with Crippen LogP contribution in [0.4, 0.5) is 13.2 Å². The van der Waals surface area contributed by atoms with E-state index in [1.807, 2.05) is 35.2 Å². The van der Waals surface area contributed by atoms with Gasteiger partial charge in [-0.1, -0.05) is 42.5 Å². The van der Waals surface area contributed by atoms with Crippen LogP contribution in [0.2, 0.25) is 0 Å². The van der Waals surface area contributed by atoms with Crippen LogP contribution in [0.5, 0.6) is 10.9 Å². The first kappa shape index (κ1) is 23.5. The van der Waals surface area contributed by atoms with Crippen molar-refractivity contribution in [2.75, 3.05) is 26.2 Å². The van der Waals surface area contributed by atoms with Gasteiger partial charge in [0.1, 0.15) is 5.75 Å². The van der Waals surface area contributed by atoms with Gasteiger partial charge in [0.25, 0.3) is 5.19 Å². The normalized spacial score (nSPS) is 20.4. The Morgan fingerprint density at radius 1 is 1.06 bits per heavy atom. The van der Waals surface area contributed by atoms with Gasteiger partial charge in [-0.3, -0.25) is 9.69 Å². The summed E-state index contributed by atoms with van der Waals surface area (Å²) in [7, 11) is 0. The summed E-state index contributed by atoms with van der Waals surface area (Å²) in [6.45, 7) is 6.03. The van der Waals surface area contributed by atoms with E-state index in [1.54, 1.807) is 11.3 Å². The Hall–Kier alpha value is -2.65. The van der Waals surface area contributed by atoms with E-state index in [9.17, 15) is 18.0 Å². The minimum Gasteiger partial charge on any atom is -0.431 e. The van der Waals surface area contributed by atoms with Crippen molar-refractivity contribution in [3.05, 3.63) is 54.1 Å². The van der Waals surface area contributed by atoms with Crippen LogP contribution in [0.25, 0.3) is 10.2 Å². The van der Waals surface area contributed by atoms with Crippen LogP contribution in [-0.4, -0.2) is 53.5 Å². The number of fused-ring (bicyclic) bond motifs is 2. The van der Waals surface area contributed by atoms with Gasteiger partial charge < -0.3 is 9.64 Å². The molecule has 33 heavy (non-hydrogen) atoms. The third-order valence-corrected chi connectivity index (χ3v) is 6.86. The van der Waals surface area contributed by atoms with Gasteiger partial charge >= 0.3 is 6.18 Å². The minimum atomic E-state index is -3.96. The van der Waals surface area contributed by atoms with Crippen molar-refractivity contribution >= 4 is 28.0 Å². The van der Waals surface area contributed by atoms with E-state index in [0.717, 1.165) is 62.0 Å². The topological polar surface area (TPSA) is 45.7 Å². The lowest BCUT2D eigenvalue weighted by atomic mass is 10.0. The van der Waals surface area contributed by atoms with Gasteiger partial charge in [0.15, 0.2) is 0 Å². The number of rotatable bonds is 5. The van der Waals surface area contributed by atoms with Crippen molar-refractivity contribution in [1.82, 2.24) is 14.8 Å². The van der Waals surface area contributed by atoms with Crippen molar-refractivity contribution in [2.45, 2.75) is 26.1 Å². The summed E-state index contributed by atoms with van der Waals surface area (Å²) < 4.78 is 39.4. The van der Waals surface area contributed by atoms with Gasteiger partial charge in [0, 0.05) is 39.1 Å². The zero-order valence-corrected chi connectivity index (χ0v) is 19.1. The second kappa shape index (κ2) is 10.1. The van der Waals surface area contributed by atoms with Crippen LogP contribution >= 0.6 is 11.3 Å². The van der Waals surface area contributed by atoms with E-state index >= 15 is 0 Å². The molecule has 9 heteroatoms. The molecule has 2 aliphatic rings. The molecule has 5 nitrogen and oxygen atoms in total. The Kier molecular flexibility index (Phi) is 7.19. The Morgan fingerprint density at radius 2 is 1.70 bits per heavy atom. The summed E-state index contributed by atoms with van der Waals surface area (Å²) >= 11 is 1.56. The predicted octanol–water partition coefficient (Wildman–Crippen LogP) is 5.57. The molecule has 1 aromatic heterocycles. The summed E-state index contributed by atoms with van der Waals surface area (Å²) in [5, 5.41) is 0.677. The summed E-state index contributed by atoms with van der Waals surface area (Å²) in [6.07, 6.45) is -3.69. The minimum absolute atomic E-state index is 0.636. The molecule has 0 radical (unpaired) electrons. The molecule has 1 amide bonds. The number of amides is 1. The highest BCUT2D eigenvalue weighted by molar-refractivity contribution is 7.20. The van der Waals surface area contributed by atoms with Gasteiger partial charge in [-0.2, -0.15) is 13.2 Å². The van der Waals surface area contributed by atoms with Crippen molar-refractivity contribution in [1.29, 1.82) is 0 Å². The number of thiazole rings is 1. The van der Waals surface area contributed by atoms with Gasteiger partial charge in [-0.05, 0) is 41.7 Å². The first-order valence-electron chi connectivity index (χ1n) is 10.9. The lowest BCUT2D eigenvalue weighted by Gasteiger charge is -2.19. The fourth-order valence-electron chi connectivity index (χ4n) is 4.26. The molecule has 0 bridgehead atoms. The van der Waals surface area contributed by atoms with E-state index in [-0.39, 0.29) is 0 Å². The van der Waals surface area contributed by atoms with Gasteiger partial charge in [0.05, 0.1) is 10.2 Å². The maximum Gasteiger partial charge on any atom is 0.388 e. The molecular formula is C24H26F3N3O2S. The largest absolute Gasteiger partial charge is 0.431 e. The van der Waals surface area contributed by atoms with E-state index in [4.69, 9.17) is 4.74 Å². The molecule has 2 atom stereocenters. The van der Waals surface area contributed by atoms with Crippen molar-refractivity contribution in [2.24, 2.45) is 11.8 Å². The molecule has 3 aromatic rings. The SMILES string of the molecule is CCC(F)(F)F.O=CN1CC2CN(Cc3ccc(Oc4nc5ccccc5s4)cc3)CC2C1. The fourth-order valence-corrected chi connectivity index (χ4v) is 5.09. The zero-order chi connectivity index (χ0) is 23.4. The summed E-state index contributed by atoms with van der Waals surface area (Å²) in [5.41, 5.74) is 2.26. The Bertz CT molecular complexity index is 1020. The van der Waals surface area contributed by atoms with Crippen LogP contribution in [-0.2, 0) is 11.3 Å². The highest BCUT2D eigenvalue weighted by Crippen LogP contribution is 2.33. The number of alkyl halides is 3. The van der Waals surface area contributed by atoms with Crippen molar-refractivity contribution < 1.29 is 22.7 Å². The number of likely N-dealkylation sites (tertiary alicyclic amines) is 2. The average Bonchev–Trinajstić information content (AvgIpc) is 3.47. The molecule has 0 spiro atoms. The fraction of sp³-hybridized carbons (Fsp3) is 0.417. The van der Waals surface area contributed by atoms with Crippen molar-refractivity contribution in [3.8, 4) is 10.9 Å². The van der Waals surface area contributed by atoms with Crippen LogP contribution < -0.4 is 4.74 Å². The first-order chi connectivity index (χ1) is 15.8. The number of carbonyl (C=O) groups excluding carboxylic acids is 1. The van der Waals surface area contributed by atoms with Gasteiger partial charge in [-0.25, -0.2) is 4.98 Å². The smallest absolute Gasteiger partial charge is 0.388 e. The summed E-state index contributed by atoms with van der Waals surface area (Å²) in [4.78, 5) is 19.9. The van der Waals surface area contributed by atoms with Gasteiger partial charge in [0.2, 0.25) is 6.41 Å². The Balaban J connectivity index is 0.000000385. The maximum atomic E-state index is 10.9. The molecule has 2 fully saturated rings. The number of ether oxygens (including phenoxy) is 1. The van der Waals surface area contributed by atoms with Crippen molar-refractivity contribution in [3.63, 3.8) is 0 Å². The number of hydrogen-bond donors (Lipinski definition) is 0. The number of para-hydroxylation sites is 1. The highest BCUT2D eigenvalue weighted by atomic mass is 32.1. The zero-order valence-electron chi connectivity index (χ0n) is 18.3. The van der Waals surface area contributed by atoms with E-state index < -0.39 is 12.6 Å². The van der Waals surface area contributed by atoms with Crippen LogP contribution in [0.3, 0.4) is 0 Å². The molecule has 0 N–H and O–H groups in total. The van der Waals surface area contributed by atoms with Crippen LogP contribution in [0.15, 0.2) is 48.5 Å². The maximum absolute atomic E-state index is 10.9. The number of carbonyl (C=O) groups is 1. The standard InChI is InChI=1S/C21H21N3O2S.C3H5F3/c25-14-24-12-16-10-23(11-17(16)13-24)9-15-5-7-18(8-6-15)26-21-22-19-3-1-2-4-20(19)27-21;1-2-3(4,5)6/h1-8,14,16-17H,9-13H2;2H2,1H3. The average molecular weight is 478 g/mol. The lowest BCUT2D eigenvalue weighted by Crippen LogP contribution is -2.27. The van der Waals surface area contributed by atoms with Gasteiger partial charge in [-0.15, -0.1) is 0 Å². The molecule has 2 aromatic carbocycles. The molecule has 0 aliphatic carbocycles. The van der Waals surface area contributed by atoms with Crippen LogP contribution in [0.1, 0.15) is 18.9 Å². The monoisotopic (exact) mass is 477 g/mol. The quantitative estimate of drug-likeness (QED) is 0.451. The highest BCUT2D eigenvalue weighted by Gasteiger charge is 2.39. The number of aromatic nitrogens is 1. The molecule has 5 rings (SSSR count). The Labute approximate surface area is 194 Å². The van der Waals surface area contributed by atoms with Crippen LogP contribution in [0, 0.1) is 11.8 Å². The molecule has 176 valence electrons. The second-order valence-corrected chi connectivity index (χ2v) is 9.43. The lowest BCUT2D eigenvalue weighted by molar-refractivity contribution is -0.130.